The first kappa shape index (κ1) is 5.11. The van der Waals surface area contributed by atoms with Crippen LogP contribution in [0.2, 0.25) is 0 Å². The Morgan fingerprint density at radius 1 is 1.78 bits per heavy atom. The van der Waals surface area contributed by atoms with Crippen LogP contribution in [0.3, 0.4) is 0 Å². The van der Waals surface area contributed by atoms with Crippen LogP contribution in [-0.4, -0.2) is 0 Å². The van der Waals surface area contributed by atoms with Gasteiger partial charge in [-0.05, 0) is 5.92 Å². The lowest BCUT2D eigenvalue weighted by Crippen LogP contribution is -2.04. The van der Waals surface area contributed by atoms with Crippen molar-refractivity contribution in [2.24, 2.45) is 11.8 Å². The molecule has 0 nitrogen and oxygen atoms in total. The molecule has 0 saturated carbocycles. The molecular weight excluding hydrogens is 108 g/mol. The Kier molecular flexibility index (Phi) is 0.931. The highest BCUT2D eigenvalue weighted by molar-refractivity contribution is 5.48. The topological polar surface area (TPSA) is 0 Å². The second-order valence-electron chi connectivity index (χ2n) is 2.82. The van der Waals surface area contributed by atoms with Gasteiger partial charge in [-0.15, -0.1) is 0 Å². The summed E-state index contributed by atoms with van der Waals surface area (Å²) >= 11 is 0. The highest BCUT2D eigenvalue weighted by Crippen LogP contribution is 2.40. The minimum atomic E-state index is 0.802. The summed E-state index contributed by atoms with van der Waals surface area (Å²) < 4.78 is 0. The van der Waals surface area contributed by atoms with E-state index >= 15 is 0 Å². The maximum Gasteiger partial charge on any atom is 0.0144 e. The van der Waals surface area contributed by atoms with Gasteiger partial charge in [-0.25, -0.2) is 0 Å². The molecular formula is C9H10. The first-order valence-electron chi connectivity index (χ1n) is 3.62. The highest BCUT2D eigenvalue weighted by atomic mass is 14.3. The van der Waals surface area contributed by atoms with E-state index in [1.54, 1.807) is 0 Å². The summed E-state index contributed by atoms with van der Waals surface area (Å²) in [5.74, 6) is 7.95. The van der Waals surface area contributed by atoms with Gasteiger partial charge >= 0.3 is 0 Å². The van der Waals surface area contributed by atoms with Gasteiger partial charge in [0.15, 0.2) is 0 Å². The summed E-state index contributed by atoms with van der Waals surface area (Å²) in [5.41, 5.74) is 1.41. The van der Waals surface area contributed by atoms with E-state index in [0.717, 1.165) is 18.3 Å². The lowest BCUT2D eigenvalue weighted by Gasteiger charge is -2.12. The van der Waals surface area contributed by atoms with Gasteiger partial charge in [0.25, 0.3) is 0 Å². The standard InChI is InChI=1S/C9H10/c1-2-7-4-3-5-8-6-9(7)8/h6-7,9H,2,4H2,1H3/t7?,9-/m1/s1. The van der Waals surface area contributed by atoms with E-state index in [0.29, 0.717) is 0 Å². The van der Waals surface area contributed by atoms with E-state index in [9.17, 15) is 0 Å². The molecule has 9 heavy (non-hydrogen) atoms. The molecule has 0 heterocycles. The Labute approximate surface area is 56.0 Å². The van der Waals surface area contributed by atoms with Crippen LogP contribution in [0.15, 0.2) is 11.6 Å². The largest absolute Gasteiger partial charge is 0.0979 e. The smallest absolute Gasteiger partial charge is 0.0144 e. The molecule has 0 bridgehead atoms. The normalized spacial score (nSPS) is 35.9. The Bertz CT molecular complexity index is 212. The first-order valence-corrected chi connectivity index (χ1v) is 3.62. The summed E-state index contributed by atoms with van der Waals surface area (Å²) in [6.45, 7) is 2.25. The monoisotopic (exact) mass is 118 g/mol. The van der Waals surface area contributed by atoms with Crippen LogP contribution < -0.4 is 0 Å². The predicted octanol–water partition coefficient (Wildman–Crippen LogP) is 1.98. The van der Waals surface area contributed by atoms with Crippen molar-refractivity contribution < 1.29 is 0 Å². The molecule has 2 aliphatic rings. The molecule has 46 valence electrons. The zero-order valence-corrected chi connectivity index (χ0v) is 5.65. The maximum absolute atomic E-state index is 3.16. The number of hydrogen-bond donors (Lipinski definition) is 0. The summed E-state index contributed by atoms with van der Waals surface area (Å²) in [4.78, 5) is 0. The summed E-state index contributed by atoms with van der Waals surface area (Å²) in [6, 6.07) is 0. The molecule has 0 amide bonds. The zero-order chi connectivity index (χ0) is 6.27. The Morgan fingerprint density at radius 3 is 3.33 bits per heavy atom. The van der Waals surface area contributed by atoms with Crippen LogP contribution >= 0.6 is 0 Å². The quantitative estimate of drug-likeness (QED) is 0.462. The van der Waals surface area contributed by atoms with Gasteiger partial charge in [-0.3, -0.25) is 0 Å². The van der Waals surface area contributed by atoms with Crippen molar-refractivity contribution in [3.63, 3.8) is 0 Å². The Balaban J connectivity index is 2.13. The van der Waals surface area contributed by atoms with Crippen molar-refractivity contribution in [1.29, 1.82) is 0 Å². The average Bonchev–Trinajstić information content (AvgIpc) is 2.64. The maximum atomic E-state index is 3.16. The molecule has 0 aromatic carbocycles. The van der Waals surface area contributed by atoms with Gasteiger partial charge in [0.2, 0.25) is 0 Å². The van der Waals surface area contributed by atoms with Crippen molar-refractivity contribution >= 4 is 0 Å². The average molecular weight is 118 g/mol. The van der Waals surface area contributed by atoms with Gasteiger partial charge in [-0.2, -0.15) is 0 Å². The van der Waals surface area contributed by atoms with Crippen molar-refractivity contribution in [2.75, 3.05) is 0 Å². The third-order valence-electron chi connectivity index (χ3n) is 2.24. The molecule has 2 atom stereocenters. The molecule has 0 saturated heterocycles. The van der Waals surface area contributed by atoms with Crippen molar-refractivity contribution in [3.05, 3.63) is 11.6 Å². The number of allylic oxidation sites excluding steroid dienone is 2. The number of hydrogen-bond acceptors (Lipinski definition) is 0. The van der Waals surface area contributed by atoms with E-state index in [-0.39, 0.29) is 0 Å². The predicted molar refractivity (Wildman–Crippen MR) is 37.7 cm³/mol. The second kappa shape index (κ2) is 1.64. The number of fused-ring (bicyclic) bond motifs is 1. The lowest BCUT2D eigenvalue weighted by molar-refractivity contribution is 0.476. The minimum absolute atomic E-state index is 0.802. The van der Waals surface area contributed by atoms with Crippen LogP contribution in [0.4, 0.5) is 0 Å². The summed E-state index contributed by atoms with van der Waals surface area (Å²) in [5, 5.41) is 0. The molecule has 1 unspecified atom stereocenters. The summed E-state index contributed by atoms with van der Waals surface area (Å²) in [7, 11) is 0. The third kappa shape index (κ3) is 0.685. The molecule has 0 aromatic heterocycles. The SMILES string of the molecule is CCC1CC#CC2=C[C@@H]21. The Hall–Kier alpha value is -0.700. The van der Waals surface area contributed by atoms with Crippen molar-refractivity contribution in [3.8, 4) is 11.8 Å². The van der Waals surface area contributed by atoms with Crippen LogP contribution in [-0.2, 0) is 0 Å². The van der Waals surface area contributed by atoms with E-state index < -0.39 is 0 Å². The molecule has 0 aromatic rings. The first-order chi connectivity index (χ1) is 4.42. The van der Waals surface area contributed by atoms with E-state index in [1.165, 1.54) is 12.0 Å². The third-order valence-corrected chi connectivity index (χ3v) is 2.24. The summed E-state index contributed by atoms with van der Waals surface area (Å²) in [6.07, 6.45) is 4.72. The molecule has 0 radical (unpaired) electrons. The van der Waals surface area contributed by atoms with Gasteiger partial charge in [-0.1, -0.05) is 31.3 Å². The molecule has 0 aliphatic heterocycles. The van der Waals surface area contributed by atoms with Crippen LogP contribution in [0.1, 0.15) is 19.8 Å². The molecule has 2 aliphatic carbocycles. The van der Waals surface area contributed by atoms with Crippen molar-refractivity contribution in [1.82, 2.24) is 0 Å². The van der Waals surface area contributed by atoms with Crippen molar-refractivity contribution in [2.45, 2.75) is 19.8 Å². The van der Waals surface area contributed by atoms with E-state index in [1.807, 2.05) is 0 Å². The van der Waals surface area contributed by atoms with E-state index in [4.69, 9.17) is 0 Å². The van der Waals surface area contributed by atoms with Gasteiger partial charge in [0.1, 0.15) is 0 Å². The van der Waals surface area contributed by atoms with Crippen LogP contribution in [0, 0.1) is 23.7 Å². The molecule has 0 spiro atoms. The fourth-order valence-corrected chi connectivity index (χ4v) is 1.47. The molecule has 0 N–H and O–H groups in total. The fourth-order valence-electron chi connectivity index (χ4n) is 1.47. The lowest BCUT2D eigenvalue weighted by atomic mass is 9.91. The molecule has 2 rings (SSSR count). The van der Waals surface area contributed by atoms with Gasteiger partial charge < -0.3 is 0 Å². The molecule has 0 fully saturated rings. The zero-order valence-electron chi connectivity index (χ0n) is 5.65. The minimum Gasteiger partial charge on any atom is -0.0979 e. The van der Waals surface area contributed by atoms with Crippen LogP contribution in [0.25, 0.3) is 0 Å². The second-order valence-corrected chi connectivity index (χ2v) is 2.82. The highest BCUT2D eigenvalue weighted by Gasteiger charge is 2.32. The van der Waals surface area contributed by atoms with Gasteiger partial charge in [0, 0.05) is 17.9 Å². The Morgan fingerprint density at radius 2 is 2.67 bits per heavy atom. The fraction of sp³-hybridized carbons (Fsp3) is 0.556. The number of rotatable bonds is 1. The van der Waals surface area contributed by atoms with Crippen LogP contribution in [0.5, 0.6) is 0 Å². The molecule has 0 heteroatoms. The van der Waals surface area contributed by atoms with Gasteiger partial charge in [0.05, 0.1) is 0 Å². The van der Waals surface area contributed by atoms with E-state index in [2.05, 4.69) is 24.8 Å².